The molecule has 0 spiro atoms. The maximum atomic E-state index is 9.65. The highest BCUT2D eigenvalue weighted by atomic mass is 32.2. The molecule has 6 nitrogen and oxygen atoms in total. The SMILES string of the molecule is CS(=O)(=O)[O-].O[n+]1cc[nH]c1-c1cccc2ccccc12. The molecule has 0 aliphatic rings. The fourth-order valence-electron chi connectivity index (χ4n) is 1.96. The van der Waals surface area contributed by atoms with Crippen LogP contribution in [0, 0.1) is 0 Å². The number of hydrogen-bond acceptors (Lipinski definition) is 4. The zero-order chi connectivity index (χ0) is 15.5. The quantitative estimate of drug-likeness (QED) is 0.404. The number of hydrogen-bond donors (Lipinski definition) is 2. The zero-order valence-corrected chi connectivity index (χ0v) is 12.0. The molecule has 0 unspecified atom stereocenters. The highest BCUT2D eigenvalue weighted by Crippen LogP contribution is 2.24. The van der Waals surface area contributed by atoms with Gasteiger partial charge in [-0.25, -0.2) is 13.4 Å². The third-order valence-corrected chi connectivity index (χ3v) is 2.71. The molecular formula is C14H14N2O4S. The maximum absolute atomic E-state index is 9.65. The van der Waals surface area contributed by atoms with Crippen molar-refractivity contribution in [3.05, 3.63) is 54.9 Å². The van der Waals surface area contributed by atoms with Crippen LogP contribution in [0.25, 0.3) is 22.2 Å². The minimum Gasteiger partial charge on any atom is -0.748 e. The van der Waals surface area contributed by atoms with Crippen LogP contribution in [0.15, 0.2) is 54.9 Å². The highest BCUT2D eigenvalue weighted by molar-refractivity contribution is 7.84. The molecule has 0 aliphatic heterocycles. The van der Waals surface area contributed by atoms with Crippen LogP contribution < -0.4 is 4.73 Å². The first-order valence-corrected chi connectivity index (χ1v) is 7.85. The smallest absolute Gasteiger partial charge is 0.326 e. The van der Waals surface area contributed by atoms with Crippen molar-refractivity contribution in [2.75, 3.05) is 6.26 Å². The number of fused-ring (bicyclic) bond motifs is 1. The lowest BCUT2D eigenvalue weighted by atomic mass is 10.0. The number of imidazole rings is 1. The molecule has 7 heteroatoms. The van der Waals surface area contributed by atoms with Crippen LogP contribution in [0.2, 0.25) is 0 Å². The first-order chi connectivity index (χ1) is 9.86. The second-order valence-corrected chi connectivity index (χ2v) is 5.79. The monoisotopic (exact) mass is 306 g/mol. The van der Waals surface area contributed by atoms with E-state index in [1.54, 1.807) is 12.4 Å². The van der Waals surface area contributed by atoms with Crippen LogP contribution in [-0.2, 0) is 10.1 Å². The Morgan fingerprint density at radius 3 is 2.38 bits per heavy atom. The van der Waals surface area contributed by atoms with Crippen molar-refractivity contribution in [3.8, 4) is 11.4 Å². The fraction of sp³-hybridized carbons (Fsp3) is 0.0714. The van der Waals surface area contributed by atoms with E-state index in [0.29, 0.717) is 12.1 Å². The number of benzene rings is 2. The van der Waals surface area contributed by atoms with Crippen LogP contribution in [0.3, 0.4) is 0 Å². The summed E-state index contributed by atoms with van der Waals surface area (Å²) in [5.41, 5.74) is 0.991. The molecule has 1 heterocycles. The van der Waals surface area contributed by atoms with Crippen molar-refractivity contribution in [2.24, 2.45) is 0 Å². The molecule has 0 saturated carbocycles. The minimum absolute atomic E-state index is 0.604. The molecule has 2 aromatic carbocycles. The molecule has 0 radical (unpaired) electrons. The van der Waals surface area contributed by atoms with Gasteiger partial charge in [-0.15, -0.1) is 0 Å². The zero-order valence-electron chi connectivity index (χ0n) is 11.2. The van der Waals surface area contributed by atoms with E-state index < -0.39 is 10.1 Å². The molecule has 0 atom stereocenters. The average molecular weight is 306 g/mol. The lowest BCUT2D eigenvalue weighted by Gasteiger charge is -2.01. The van der Waals surface area contributed by atoms with Gasteiger partial charge in [-0.05, 0) is 21.6 Å². The van der Waals surface area contributed by atoms with Gasteiger partial charge in [0.1, 0.15) is 6.20 Å². The number of H-pyrrole nitrogens is 1. The Morgan fingerprint density at radius 2 is 1.76 bits per heavy atom. The van der Waals surface area contributed by atoms with Crippen molar-refractivity contribution in [2.45, 2.75) is 0 Å². The minimum atomic E-state index is -3.92. The number of nitrogens with one attached hydrogen (secondary N) is 1. The molecule has 3 rings (SSSR count). The standard InChI is InChI=1S/C13H10N2O.CH4O3S/c16-15-9-8-14-13(15)12-7-3-5-10-4-1-2-6-11(10)12;1-5(2,3)4/h1-9,16H;1H3,(H,2,3,4). The number of aromatic amines is 1. The first kappa shape index (κ1) is 15.0. The van der Waals surface area contributed by atoms with Crippen molar-refractivity contribution in [1.82, 2.24) is 4.98 Å². The molecule has 0 amide bonds. The fourth-order valence-corrected chi connectivity index (χ4v) is 1.96. The summed E-state index contributed by atoms with van der Waals surface area (Å²) < 4.78 is 28.3. The van der Waals surface area contributed by atoms with E-state index in [9.17, 15) is 5.21 Å². The van der Waals surface area contributed by atoms with E-state index >= 15 is 0 Å². The third kappa shape index (κ3) is 4.04. The molecule has 1 aromatic heterocycles. The molecule has 0 fully saturated rings. The summed E-state index contributed by atoms with van der Waals surface area (Å²) in [5, 5.41) is 11.9. The van der Waals surface area contributed by atoms with Crippen LogP contribution in [0.5, 0.6) is 0 Å². The summed E-state index contributed by atoms with van der Waals surface area (Å²) in [6.07, 6.45) is 3.89. The van der Waals surface area contributed by atoms with Crippen molar-refractivity contribution in [3.63, 3.8) is 0 Å². The Bertz CT molecular complexity index is 843. The van der Waals surface area contributed by atoms with Gasteiger partial charge in [0, 0.05) is 6.26 Å². The van der Waals surface area contributed by atoms with Gasteiger partial charge in [-0.1, -0.05) is 36.4 Å². The Labute approximate surface area is 122 Å². The van der Waals surface area contributed by atoms with Crippen LogP contribution >= 0.6 is 0 Å². The lowest BCUT2D eigenvalue weighted by Crippen LogP contribution is -2.29. The third-order valence-electron chi connectivity index (χ3n) is 2.71. The Kier molecular flexibility index (Phi) is 4.25. The van der Waals surface area contributed by atoms with Crippen LogP contribution in [-0.4, -0.2) is 29.4 Å². The van der Waals surface area contributed by atoms with Crippen LogP contribution in [0.1, 0.15) is 0 Å². The molecule has 110 valence electrons. The van der Waals surface area contributed by atoms with Gasteiger partial charge in [0.05, 0.1) is 15.7 Å². The average Bonchev–Trinajstić information content (AvgIpc) is 2.82. The maximum Gasteiger partial charge on any atom is 0.326 e. The highest BCUT2D eigenvalue weighted by Gasteiger charge is 2.14. The predicted octanol–water partition coefficient (Wildman–Crippen LogP) is 1.52. The molecular weight excluding hydrogens is 292 g/mol. The van der Waals surface area contributed by atoms with Gasteiger partial charge in [-0.2, -0.15) is 0 Å². The van der Waals surface area contributed by atoms with E-state index in [4.69, 9.17) is 13.0 Å². The first-order valence-electron chi connectivity index (χ1n) is 6.03. The van der Waals surface area contributed by atoms with E-state index in [1.807, 2.05) is 30.3 Å². The largest absolute Gasteiger partial charge is 0.748 e. The second-order valence-electron chi connectivity index (χ2n) is 4.38. The van der Waals surface area contributed by atoms with E-state index in [0.717, 1.165) is 21.1 Å². The summed E-state index contributed by atoms with van der Waals surface area (Å²) in [6, 6.07) is 14.1. The second kappa shape index (κ2) is 5.94. The molecule has 21 heavy (non-hydrogen) atoms. The van der Waals surface area contributed by atoms with Gasteiger partial charge < -0.3 is 9.76 Å². The van der Waals surface area contributed by atoms with E-state index in [1.165, 1.54) is 0 Å². The summed E-state index contributed by atoms with van der Waals surface area (Å²) >= 11 is 0. The topological polar surface area (TPSA) is 97.1 Å². The lowest BCUT2D eigenvalue weighted by molar-refractivity contribution is -0.895. The van der Waals surface area contributed by atoms with Gasteiger partial charge in [0.15, 0.2) is 6.20 Å². The van der Waals surface area contributed by atoms with Gasteiger partial charge in [0.2, 0.25) is 0 Å². The molecule has 0 saturated heterocycles. The number of nitrogens with zero attached hydrogens (tertiary/aromatic N) is 1. The van der Waals surface area contributed by atoms with Crippen LogP contribution in [0.4, 0.5) is 0 Å². The van der Waals surface area contributed by atoms with Crippen molar-refractivity contribution in [1.29, 1.82) is 0 Å². The van der Waals surface area contributed by atoms with E-state index in [2.05, 4.69) is 17.1 Å². The normalized spacial score (nSPS) is 11.0. The molecule has 3 aromatic rings. The van der Waals surface area contributed by atoms with Crippen molar-refractivity contribution < 1.29 is 22.9 Å². The van der Waals surface area contributed by atoms with Gasteiger partial charge in [0.25, 0.3) is 0 Å². The predicted molar refractivity (Wildman–Crippen MR) is 76.7 cm³/mol. The van der Waals surface area contributed by atoms with E-state index in [-0.39, 0.29) is 0 Å². The van der Waals surface area contributed by atoms with Crippen molar-refractivity contribution >= 4 is 20.9 Å². The molecule has 0 bridgehead atoms. The Hall–Kier alpha value is -2.38. The number of rotatable bonds is 1. The van der Waals surface area contributed by atoms with Gasteiger partial charge >= 0.3 is 5.82 Å². The summed E-state index contributed by atoms with van der Waals surface area (Å²) in [6.45, 7) is 0. The number of aromatic nitrogens is 2. The Balaban J connectivity index is 0.000000282. The van der Waals surface area contributed by atoms with Gasteiger partial charge in [-0.3, -0.25) is 0 Å². The summed E-state index contributed by atoms with van der Waals surface area (Å²) in [7, 11) is -3.92. The summed E-state index contributed by atoms with van der Waals surface area (Å²) in [4.78, 5) is 3.03. The Morgan fingerprint density at radius 1 is 1.14 bits per heavy atom. The summed E-state index contributed by atoms with van der Waals surface area (Å²) in [5.74, 6) is 0.691. The molecule has 2 N–H and O–H groups in total. The molecule has 0 aliphatic carbocycles.